The highest BCUT2D eigenvalue weighted by Crippen LogP contribution is 2.29. The highest BCUT2D eigenvalue weighted by Gasteiger charge is 2.17. The first-order chi connectivity index (χ1) is 6.43. The molecule has 1 rings (SSSR count). The van der Waals surface area contributed by atoms with Crippen LogP contribution >= 0.6 is 15.9 Å². The molecule has 0 saturated carbocycles. The quantitative estimate of drug-likeness (QED) is 0.478. The predicted molar refractivity (Wildman–Crippen MR) is 52.2 cm³/mol. The van der Waals surface area contributed by atoms with Crippen LogP contribution in [0.3, 0.4) is 0 Å². The fraction of sp³-hybridized carbons (Fsp3) is 0. The standard InChI is InChI=1S/C7H5BrN2O4/c8-6-4(7(11)12)1-3(10(13)14)2-5(6)9/h1-2H,9H2,(H,11,12). The Labute approximate surface area is 86.6 Å². The van der Waals surface area contributed by atoms with Crippen molar-refractivity contribution in [3.05, 3.63) is 32.3 Å². The lowest BCUT2D eigenvalue weighted by Gasteiger charge is -2.02. The van der Waals surface area contributed by atoms with Crippen LogP contribution in [0.2, 0.25) is 0 Å². The van der Waals surface area contributed by atoms with Gasteiger partial charge in [0.05, 0.1) is 20.6 Å². The molecular weight excluding hydrogens is 256 g/mol. The normalized spacial score (nSPS) is 9.79. The van der Waals surface area contributed by atoms with Crippen LogP contribution in [0.4, 0.5) is 11.4 Å². The van der Waals surface area contributed by atoms with E-state index in [2.05, 4.69) is 15.9 Å². The molecule has 0 aliphatic heterocycles. The Morgan fingerprint density at radius 3 is 2.57 bits per heavy atom. The van der Waals surface area contributed by atoms with Gasteiger partial charge in [-0.05, 0) is 15.9 Å². The molecule has 0 unspecified atom stereocenters. The average molecular weight is 261 g/mol. The fourth-order valence-corrected chi connectivity index (χ4v) is 1.29. The summed E-state index contributed by atoms with van der Waals surface area (Å²) in [5, 5.41) is 19.1. The number of hydrogen-bond acceptors (Lipinski definition) is 4. The van der Waals surface area contributed by atoms with E-state index in [9.17, 15) is 14.9 Å². The zero-order chi connectivity index (χ0) is 10.9. The highest BCUT2D eigenvalue weighted by atomic mass is 79.9. The maximum atomic E-state index is 10.6. The summed E-state index contributed by atoms with van der Waals surface area (Å²) in [6, 6.07) is 2.04. The van der Waals surface area contributed by atoms with Crippen molar-refractivity contribution < 1.29 is 14.8 Å². The molecule has 0 aliphatic carbocycles. The van der Waals surface area contributed by atoms with Crippen molar-refractivity contribution in [2.45, 2.75) is 0 Å². The summed E-state index contributed by atoms with van der Waals surface area (Å²) in [5.74, 6) is -1.27. The van der Waals surface area contributed by atoms with Gasteiger partial charge in [-0.25, -0.2) is 4.79 Å². The van der Waals surface area contributed by atoms with Crippen molar-refractivity contribution in [1.29, 1.82) is 0 Å². The van der Waals surface area contributed by atoms with Crippen LogP contribution in [0, 0.1) is 10.1 Å². The molecule has 1 aromatic carbocycles. The van der Waals surface area contributed by atoms with Crippen LogP contribution in [0.25, 0.3) is 0 Å². The van der Waals surface area contributed by atoms with Crippen LogP contribution in [0.15, 0.2) is 16.6 Å². The van der Waals surface area contributed by atoms with E-state index in [0.29, 0.717) is 0 Å². The van der Waals surface area contributed by atoms with E-state index in [4.69, 9.17) is 10.8 Å². The average Bonchev–Trinajstić information content (AvgIpc) is 2.08. The van der Waals surface area contributed by atoms with E-state index in [1.807, 2.05) is 0 Å². The van der Waals surface area contributed by atoms with E-state index < -0.39 is 10.9 Å². The van der Waals surface area contributed by atoms with Crippen LogP contribution in [-0.4, -0.2) is 16.0 Å². The number of aromatic carboxylic acids is 1. The number of benzene rings is 1. The molecule has 0 fully saturated rings. The minimum absolute atomic E-state index is 0.0246. The second-order valence-electron chi connectivity index (χ2n) is 2.46. The van der Waals surface area contributed by atoms with Crippen LogP contribution in [0.5, 0.6) is 0 Å². The Hall–Kier alpha value is -1.63. The topological polar surface area (TPSA) is 106 Å². The molecule has 0 radical (unpaired) electrons. The van der Waals surface area contributed by atoms with E-state index in [-0.39, 0.29) is 21.4 Å². The minimum Gasteiger partial charge on any atom is -0.478 e. The third kappa shape index (κ3) is 1.82. The van der Waals surface area contributed by atoms with Gasteiger partial charge in [-0.3, -0.25) is 10.1 Å². The van der Waals surface area contributed by atoms with Gasteiger partial charge in [-0.15, -0.1) is 0 Å². The van der Waals surface area contributed by atoms with Gasteiger partial charge in [-0.2, -0.15) is 0 Å². The summed E-state index contributed by atoms with van der Waals surface area (Å²) in [6.45, 7) is 0. The van der Waals surface area contributed by atoms with Crippen molar-refractivity contribution in [2.75, 3.05) is 5.73 Å². The second-order valence-corrected chi connectivity index (χ2v) is 3.25. The number of nitrogen functional groups attached to an aromatic ring is 1. The lowest BCUT2D eigenvalue weighted by Crippen LogP contribution is -2.02. The van der Waals surface area contributed by atoms with Crippen LogP contribution in [-0.2, 0) is 0 Å². The van der Waals surface area contributed by atoms with Gasteiger partial charge in [0.2, 0.25) is 0 Å². The van der Waals surface area contributed by atoms with Crippen LogP contribution in [0.1, 0.15) is 10.4 Å². The minimum atomic E-state index is -1.27. The third-order valence-electron chi connectivity index (χ3n) is 1.53. The fourth-order valence-electron chi connectivity index (χ4n) is 0.892. The van der Waals surface area contributed by atoms with Crippen molar-refractivity contribution >= 4 is 33.3 Å². The van der Waals surface area contributed by atoms with Gasteiger partial charge in [0, 0.05) is 12.1 Å². The number of hydrogen-bond donors (Lipinski definition) is 2. The van der Waals surface area contributed by atoms with Crippen molar-refractivity contribution in [3.8, 4) is 0 Å². The van der Waals surface area contributed by atoms with Gasteiger partial charge in [0.25, 0.3) is 5.69 Å². The first-order valence-electron chi connectivity index (χ1n) is 3.40. The monoisotopic (exact) mass is 260 g/mol. The molecule has 0 heterocycles. The lowest BCUT2D eigenvalue weighted by atomic mass is 10.2. The third-order valence-corrected chi connectivity index (χ3v) is 2.41. The zero-order valence-corrected chi connectivity index (χ0v) is 8.32. The van der Waals surface area contributed by atoms with Gasteiger partial charge < -0.3 is 10.8 Å². The van der Waals surface area contributed by atoms with Crippen LogP contribution < -0.4 is 5.73 Å². The van der Waals surface area contributed by atoms with Crippen molar-refractivity contribution in [1.82, 2.24) is 0 Å². The molecule has 1 aromatic rings. The molecule has 0 saturated heterocycles. The molecule has 0 bridgehead atoms. The Bertz CT molecular complexity index is 418. The molecule has 74 valence electrons. The van der Waals surface area contributed by atoms with Gasteiger partial charge in [-0.1, -0.05) is 0 Å². The summed E-state index contributed by atoms with van der Waals surface area (Å²) in [7, 11) is 0. The van der Waals surface area contributed by atoms with Crippen molar-refractivity contribution in [2.24, 2.45) is 0 Å². The first kappa shape index (κ1) is 10.5. The summed E-state index contributed by atoms with van der Waals surface area (Å²) in [5.41, 5.74) is 4.84. The van der Waals surface area contributed by atoms with Crippen molar-refractivity contribution in [3.63, 3.8) is 0 Å². The molecule has 3 N–H and O–H groups in total. The summed E-state index contributed by atoms with van der Waals surface area (Å²) in [4.78, 5) is 20.3. The SMILES string of the molecule is Nc1cc([N+](=O)[O-])cc(C(=O)O)c1Br. The lowest BCUT2D eigenvalue weighted by molar-refractivity contribution is -0.384. The summed E-state index contributed by atoms with van der Waals surface area (Å²) < 4.78 is 0.149. The molecule has 0 aromatic heterocycles. The van der Waals surface area contributed by atoms with Gasteiger partial charge in [0.1, 0.15) is 0 Å². The number of nitrogens with two attached hydrogens (primary N) is 1. The zero-order valence-electron chi connectivity index (χ0n) is 6.73. The number of carbonyl (C=O) groups is 1. The molecule has 0 spiro atoms. The number of nitrogens with zero attached hydrogens (tertiary/aromatic N) is 1. The smallest absolute Gasteiger partial charge is 0.337 e. The van der Waals surface area contributed by atoms with E-state index in [1.54, 1.807) is 0 Å². The Morgan fingerprint density at radius 2 is 2.14 bits per heavy atom. The number of nitro benzene ring substituents is 1. The van der Waals surface area contributed by atoms with Gasteiger partial charge in [0.15, 0.2) is 0 Å². The Balaban J connectivity index is 3.43. The number of anilines is 1. The Kier molecular flexibility index (Phi) is 2.70. The number of nitro groups is 1. The molecular formula is C7H5BrN2O4. The molecule has 6 nitrogen and oxygen atoms in total. The molecule has 7 heteroatoms. The molecule has 14 heavy (non-hydrogen) atoms. The highest BCUT2D eigenvalue weighted by molar-refractivity contribution is 9.10. The summed E-state index contributed by atoms with van der Waals surface area (Å²) >= 11 is 2.94. The number of rotatable bonds is 2. The first-order valence-corrected chi connectivity index (χ1v) is 4.19. The Morgan fingerprint density at radius 1 is 1.57 bits per heavy atom. The second kappa shape index (κ2) is 3.62. The molecule has 0 aliphatic rings. The van der Waals surface area contributed by atoms with Gasteiger partial charge >= 0.3 is 5.97 Å². The maximum absolute atomic E-state index is 10.6. The summed E-state index contributed by atoms with van der Waals surface area (Å²) in [6.07, 6.45) is 0. The maximum Gasteiger partial charge on any atom is 0.337 e. The number of non-ortho nitro benzene ring substituents is 1. The van der Waals surface area contributed by atoms with E-state index in [0.717, 1.165) is 12.1 Å². The number of carboxylic acid groups (broad SMARTS) is 1. The van der Waals surface area contributed by atoms with E-state index in [1.165, 1.54) is 0 Å². The van der Waals surface area contributed by atoms with E-state index >= 15 is 0 Å². The number of carboxylic acids is 1. The number of halogens is 1. The molecule has 0 amide bonds. The predicted octanol–water partition coefficient (Wildman–Crippen LogP) is 1.64. The largest absolute Gasteiger partial charge is 0.478 e. The molecule has 0 atom stereocenters.